The summed E-state index contributed by atoms with van der Waals surface area (Å²) < 4.78 is 0. The predicted octanol–water partition coefficient (Wildman–Crippen LogP) is 0.168. The van der Waals surface area contributed by atoms with Crippen molar-refractivity contribution in [3.05, 3.63) is 0 Å². The van der Waals surface area contributed by atoms with E-state index in [0.29, 0.717) is 13.1 Å². The molecule has 1 aliphatic heterocycles. The summed E-state index contributed by atoms with van der Waals surface area (Å²) in [5.74, 6) is 0.129. The number of piperidine rings is 1. The molecule has 1 rings (SSSR count). The number of hydrogen-bond donors (Lipinski definition) is 1. The molecule has 13 heavy (non-hydrogen) atoms. The fourth-order valence-corrected chi connectivity index (χ4v) is 1.27. The van der Waals surface area contributed by atoms with Gasteiger partial charge >= 0.3 is 6.09 Å². The largest absolute Gasteiger partial charge is 0.426 e. The molecule has 1 N–H and O–H groups in total. The first kappa shape index (κ1) is 9.98. The summed E-state index contributed by atoms with van der Waals surface area (Å²) in [4.78, 5) is 26.1. The summed E-state index contributed by atoms with van der Waals surface area (Å²) in [6.07, 6.45) is 2.04. The van der Waals surface area contributed by atoms with E-state index in [1.165, 1.54) is 7.05 Å². The second-order valence-electron chi connectivity index (χ2n) is 3.03. The number of hydroxylamine groups is 2. The van der Waals surface area contributed by atoms with E-state index < -0.39 is 6.09 Å². The fraction of sp³-hybridized carbons (Fsp3) is 0.750. The molecule has 0 spiro atoms. The van der Waals surface area contributed by atoms with E-state index in [2.05, 4.69) is 5.32 Å². The van der Waals surface area contributed by atoms with Gasteiger partial charge in [-0.2, -0.15) is 0 Å². The van der Waals surface area contributed by atoms with Gasteiger partial charge in [-0.05, 0) is 12.8 Å². The molecule has 74 valence electrons. The van der Waals surface area contributed by atoms with E-state index in [0.717, 1.165) is 19.1 Å². The van der Waals surface area contributed by atoms with Crippen LogP contribution in [0.25, 0.3) is 0 Å². The van der Waals surface area contributed by atoms with Gasteiger partial charge in [-0.1, -0.05) is 0 Å². The third-order valence-electron chi connectivity index (χ3n) is 2.11. The first-order valence-corrected chi connectivity index (χ1v) is 4.36. The Labute approximate surface area is 77.0 Å². The van der Waals surface area contributed by atoms with Crippen LogP contribution in [0.15, 0.2) is 0 Å². The number of amides is 1. The Morgan fingerprint density at radius 1 is 1.54 bits per heavy atom. The summed E-state index contributed by atoms with van der Waals surface area (Å²) in [6.45, 7) is 1.27. The normalized spacial score (nSPS) is 19.5. The highest BCUT2D eigenvalue weighted by molar-refractivity contribution is 5.66. The number of nitrogens with one attached hydrogen (secondary N) is 1. The number of hydrogen-bond acceptors (Lipinski definition) is 4. The summed E-state index contributed by atoms with van der Waals surface area (Å²) in [5.41, 5.74) is 0. The average molecular weight is 186 g/mol. The molecule has 0 bridgehead atoms. The molecule has 0 aromatic rings. The summed E-state index contributed by atoms with van der Waals surface area (Å²) in [7, 11) is 1.51. The van der Waals surface area contributed by atoms with Crippen LogP contribution in [-0.2, 0) is 9.63 Å². The van der Waals surface area contributed by atoms with Crippen LogP contribution >= 0.6 is 0 Å². The van der Waals surface area contributed by atoms with Gasteiger partial charge in [0, 0.05) is 26.1 Å². The number of carbonyl (C=O) groups is 2. The first-order valence-electron chi connectivity index (χ1n) is 4.36. The molecule has 0 aromatic carbocycles. The minimum Gasteiger partial charge on any atom is -0.351 e. The zero-order valence-electron chi connectivity index (χ0n) is 7.66. The Kier molecular flexibility index (Phi) is 3.70. The topological polar surface area (TPSA) is 58.6 Å². The monoisotopic (exact) mass is 186 g/mol. The van der Waals surface area contributed by atoms with Gasteiger partial charge in [0.15, 0.2) is 0 Å². The molecule has 1 fully saturated rings. The molecule has 0 radical (unpaired) electrons. The van der Waals surface area contributed by atoms with Crippen LogP contribution in [0.5, 0.6) is 0 Å². The number of rotatable bonds is 2. The molecule has 1 amide bonds. The Balaban J connectivity index is 2.24. The summed E-state index contributed by atoms with van der Waals surface area (Å²) in [5, 5.41) is 3.95. The average Bonchev–Trinajstić information content (AvgIpc) is 2.19. The van der Waals surface area contributed by atoms with Crippen molar-refractivity contribution in [3.8, 4) is 0 Å². The minimum absolute atomic E-state index is 0.129. The van der Waals surface area contributed by atoms with E-state index in [1.54, 1.807) is 5.06 Å². The summed E-state index contributed by atoms with van der Waals surface area (Å²) in [6, 6.07) is 0. The molecule has 5 nitrogen and oxygen atoms in total. The Morgan fingerprint density at radius 2 is 2.15 bits per heavy atom. The first-order chi connectivity index (χ1) is 6.26. The molecule has 1 heterocycles. The van der Waals surface area contributed by atoms with Crippen molar-refractivity contribution < 1.29 is 14.4 Å². The van der Waals surface area contributed by atoms with Gasteiger partial charge in [-0.3, -0.25) is 0 Å². The van der Waals surface area contributed by atoms with Gasteiger partial charge in [-0.15, -0.1) is 5.06 Å². The van der Waals surface area contributed by atoms with Crippen LogP contribution in [0.3, 0.4) is 0 Å². The smallest absolute Gasteiger partial charge is 0.351 e. The van der Waals surface area contributed by atoms with Crippen molar-refractivity contribution in [3.63, 3.8) is 0 Å². The van der Waals surface area contributed by atoms with Crippen molar-refractivity contribution >= 4 is 12.4 Å². The summed E-state index contributed by atoms with van der Waals surface area (Å²) >= 11 is 0. The van der Waals surface area contributed by atoms with Gasteiger partial charge < -0.3 is 14.9 Å². The van der Waals surface area contributed by atoms with Crippen molar-refractivity contribution in [1.29, 1.82) is 0 Å². The number of nitrogens with zero attached hydrogens (tertiary/aromatic N) is 1. The molecule has 0 aromatic heterocycles. The second-order valence-corrected chi connectivity index (χ2v) is 3.03. The highest BCUT2D eigenvalue weighted by atomic mass is 16.7. The van der Waals surface area contributed by atoms with Crippen LogP contribution in [0.1, 0.15) is 12.8 Å². The van der Waals surface area contributed by atoms with Crippen LogP contribution in [0.2, 0.25) is 0 Å². The van der Waals surface area contributed by atoms with Gasteiger partial charge in [-0.25, -0.2) is 4.79 Å². The minimum atomic E-state index is -0.454. The lowest BCUT2D eigenvalue weighted by Gasteiger charge is -2.27. The van der Waals surface area contributed by atoms with Crippen molar-refractivity contribution in [2.24, 2.45) is 5.92 Å². The molecular weight excluding hydrogens is 172 g/mol. The van der Waals surface area contributed by atoms with Gasteiger partial charge in [0.25, 0.3) is 0 Å². The molecule has 1 saturated heterocycles. The molecule has 0 saturated carbocycles. The third kappa shape index (κ3) is 3.02. The zero-order valence-corrected chi connectivity index (χ0v) is 7.66. The maximum Gasteiger partial charge on any atom is 0.426 e. The third-order valence-corrected chi connectivity index (χ3v) is 2.11. The van der Waals surface area contributed by atoms with E-state index in [1.807, 2.05) is 0 Å². The number of carbonyl (C=O) groups excluding carboxylic acids is 2. The Hall–Kier alpha value is -1.10. The van der Waals surface area contributed by atoms with Gasteiger partial charge in [0.2, 0.25) is 0 Å². The predicted molar refractivity (Wildman–Crippen MR) is 45.9 cm³/mol. The zero-order chi connectivity index (χ0) is 9.68. The second kappa shape index (κ2) is 4.81. The van der Waals surface area contributed by atoms with Crippen LogP contribution in [0, 0.1) is 5.92 Å². The highest BCUT2D eigenvalue weighted by Gasteiger charge is 2.20. The molecule has 5 heteroatoms. The molecule has 0 unspecified atom stereocenters. The van der Waals surface area contributed by atoms with Crippen LogP contribution in [-0.4, -0.2) is 37.6 Å². The molecular formula is C8H14N2O3. The molecule has 0 atom stereocenters. The van der Waals surface area contributed by atoms with Crippen LogP contribution in [0.4, 0.5) is 4.79 Å². The van der Waals surface area contributed by atoms with E-state index in [9.17, 15) is 9.59 Å². The molecule has 1 aliphatic rings. The Bertz CT molecular complexity index is 188. The SMILES string of the molecule is CNC(=O)ON1CCC(C=O)CC1. The lowest BCUT2D eigenvalue weighted by molar-refractivity contribution is -0.127. The van der Waals surface area contributed by atoms with E-state index >= 15 is 0 Å². The lowest BCUT2D eigenvalue weighted by Crippen LogP contribution is -2.38. The van der Waals surface area contributed by atoms with Crippen molar-refractivity contribution in [2.45, 2.75) is 12.8 Å². The number of aldehydes is 1. The van der Waals surface area contributed by atoms with E-state index in [-0.39, 0.29) is 5.92 Å². The van der Waals surface area contributed by atoms with Crippen LogP contribution < -0.4 is 5.32 Å². The van der Waals surface area contributed by atoms with Gasteiger partial charge in [0.05, 0.1) is 0 Å². The maximum absolute atomic E-state index is 10.8. The maximum atomic E-state index is 10.8. The fourth-order valence-electron chi connectivity index (χ4n) is 1.27. The standard InChI is InChI=1S/C8H14N2O3/c1-9-8(12)13-10-4-2-7(6-11)3-5-10/h6-7H,2-5H2,1H3,(H,9,12). The van der Waals surface area contributed by atoms with Crippen molar-refractivity contribution in [2.75, 3.05) is 20.1 Å². The van der Waals surface area contributed by atoms with Crippen molar-refractivity contribution in [1.82, 2.24) is 10.4 Å². The van der Waals surface area contributed by atoms with Gasteiger partial charge in [0.1, 0.15) is 6.29 Å². The quantitative estimate of drug-likeness (QED) is 0.624. The van der Waals surface area contributed by atoms with E-state index in [4.69, 9.17) is 4.84 Å². The lowest BCUT2D eigenvalue weighted by atomic mass is 10.0. The molecule has 0 aliphatic carbocycles. The Morgan fingerprint density at radius 3 is 2.62 bits per heavy atom. The highest BCUT2D eigenvalue weighted by Crippen LogP contribution is 2.14.